The number of ether oxygens (including phenoxy) is 1. The normalized spacial score (nSPS) is 12.3. The zero-order valence-electron chi connectivity index (χ0n) is 36.5. The third-order valence-electron chi connectivity index (χ3n) is 11.7. The standard InChI is InChI=1S/C50H98O2/c1-4-6-7-8-9-10-11-12-13-14-19-23-26-29-32-35-38-41-44-47-50(51)52-48-45-42-39-36-33-30-27-24-21-18-16-15-17-20-22-25-28-31-34-37-40-43-46-49(3)5-2/h12-13,49H,4-11,14-48H2,1-3H3. The summed E-state index contributed by atoms with van der Waals surface area (Å²) in [6.45, 7) is 7.64. The molecule has 2 nitrogen and oxygen atoms in total. The number of esters is 1. The fraction of sp³-hybridized carbons (Fsp3) is 0.940. The van der Waals surface area contributed by atoms with Gasteiger partial charge in [0, 0.05) is 6.42 Å². The third-order valence-corrected chi connectivity index (χ3v) is 11.7. The summed E-state index contributed by atoms with van der Waals surface area (Å²) in [5.74, 6) is 0.964. The minimum absolute atomic E-state index is 0.0279. The smallest absolute Gasteiger partial charge is 0.305 e. The highest BCUT2D eigenvalue weighted by atomic mass is 16.5. The molecule has 0 saturated heterocycles. The van der Waals surface area contributed by atoms with E-state index in [1.54, 1.807) is 0 Å². The van der Waals surface area contributed by atoms with Gasteiger partial charge in [0.05, 0.1) is 6.61 Å². The first-order chi connectivity index (χ1) is 25.7. The van der Waals surface area contributed by atoms with Gasteiger partial charge < -0.3 is 4.74 Å². The average Bonchev–Trinajstić information content (AvgIpc) is 3.15. The molecule has 310 valence electrons. The Morgan fingerprint density at radius 1 is 0.404 bits per heavy atom. The molecule has 0 rings (SSSR count). The first kappa shape index (κ1) is 51.2. The van der Waals surface area contributed by atoms with Gasteiger partial charge in [0.25, 0.3) is 0 Å². The largest absolute Gasteiger partial charge is 0.466 e. The van der Waals surface area contributed by atoms with Gasteiger partial charge in [-0.05, 0) is 44.4 Å². The van der Waals surface area contributed by atoms with Gasteiger partial charge in [-0.1, -0.05) is 258 Å². The second-order valence-electron chi connectivity index (χ2n) is 17.0. The highest BCUT2D eigenvalue weighted by molar-refractivity contribution is 5.69. The van der Waals surface area contributed by atoms with E-state index in [4.69, 9.17) is 4.74 Å². The summed E-state index contributed by atoms with van der Waals surface area (Å²) in [5.41, 5.74) is 0. The Morgan fingerprint density at radius 3 is 1.08 bits per heavy atom. The van der Waals surface area contributed by atoms with E-state index in [2.05, 4.69) is 32.9 Å². The zero-order valence-corrected chi connectivity index (χ0v) is 36.5. The molecule has 0 fully saturated rings. The van der Waals surface area contributed by atoms with Crippen molar-refractivity contribution in [3.05, 3.63) is 12.2 Å². The van der Waals surface area contributed by atoms with Crippen LogP contribution in [0.5, 0.6) is 0 Å². The van der Waals surface area contributed by atoms with Crippen LogP contribution in [0.4, 0.5) is 0 Å². The van der Waals surface area contributed by atoms with Crippen LogP contribution in [0.3, 0.4) is 0 Å². The van der Waals surface area contributed by atoms with E-state index in [0.29, 0.717) is 13.0 Å². The summed E-state index contributed by atoms with van der Waals surface area (Å²) < 4.78 is 5.49. The van der Waals surface area contributed by atoms with Gasteiger partial charge in [0.15, 0.2) is 0 Å². The minimum atomic E-state index is 0.0279. The molecule has 1 unspecified atom stereocenters. The number of unbranched alkanes of at least 4 members (excludes halogenated alkanes) is 36. The Balaban J connectivity index is 3.17. The fourth-order valence-corrected chi connectivity index (χ4v) is 7.64. The van der Waals surface area contributed by atoms with Crippen molar-refractivity contribution in [3.8, 4) is 0 Å². The van der Waals surface area contributed by atoms with Gasteiger partial charge in [-0.2, -0.15) is 0 Å². The van der Waals surface area contributed by atoms with Crippen molar-refractivity contribution >= 4 is 5.97 Å². The van der Waals surface area contributed by atoms with Gasteiger partial charge in [0.2, 0.25) is 0 Å². The predicted octanol–water partition coefficient (Wildman–Crippen LogP) is 18.1. The lowest BCUT2D eigenvalue weighted by atomic mass is 9.99. The van der Waals surface area contributed by atoms with Gasteiger partial charge in [-0.3, -0.25) is 4.79 Å². The fourth-order valence-electron chi connectivity index (χ4n) is 7.64. The van der Waals surface area contributed by atoms with Crippen molar-refractivity contribution in [1.82, 2.24) is 0 Å². The first-order valence-corrected chi connectivity index (χ1v) is 24.5. The van der Waals surface area contributed by atoms with E-state index in [1.807, 2.05) is 0 Å². The Morgan fingerprint density at radius 2 is 0.712 bits per heavy atom. The molecule has 0 bridgehead atoms. The van der Waals surface area contributed by atoms with Gasteiger partial charge in [-0.15, -0.1) is 0 Å². The molecule has 0 heterocycles. The summed E-state index contributed by atoms with van der Waals surface area (Å²) >= 11 is 0. The van der Waals surface area contributed by atoms with E-state index >= 15 is 0 Å². The van der Waals surface area contributed by atoms with Gasteiger partial charge >= 0.3 is 5.97 Å². The van der Waals surface area contributed by atoms with Crippen LogP contribution in [0.2, 0.25) is 0 Å². The number of carbonyl (C=O) groups is 1. The summed E-state index contributed by atoms with van der Waals surface area (Å²) in [6, 6.07) is 0. The summed E-state index contributed by atoms with van der Waals surface area (Å²) in [7, 11) is 0. The summed E-state index contributed by atoms with van der Waals surface area (Å²) in [6.07, 6.45) is 61.9. The lowest BCUT2D eigenvalue weighted by molar-refractivity contribution is -0.143. The molecule has 52 heavy (non-hydrogen) atoms. The second kappa shape index (κ2) is 46.4. The maximum absolute atomic E-state index is 12.0. The Labute approximate surface area is 329 Å². The van der Waals surface area contributed by atoms with E-state index < -0.39 is 0 Å². The number of hydrogen-bond donors (Lipinski definition) is 0. The molecule has 0 aliphatic heterocycles. The molecule has 0 spiro atoms. The van der Waals surface area contributed by atoms with E-state index in [0.717, 1.165) is 18.8 Å². The van der Waals surface area contributed by atoms with E-state index in [9.17, 15) is 4.79 Å². The highest BCUT2D eigenvalue weighted by Crippen LogP contribution is 2.18. The van der Waals surface area contributed by atoms with Crippen LogP contribution in [0, 0.1) is 5.92 Å². The molecule has 2 heteroatoms. The first-order valence-electron chi connectivity index (χ1n) is 24.5. The lowest BCUT2D eigenvalue weighted by Crippen LogP contribution is -2.05. The van der Waals surface area contributed by atoms with Crippen LogP contribution < -0.4 is 0 Å². The van der Waals surface area contributed by atoms with Crippen molar-refractivity contribution in [3.63, 3.8) is 0 Å². The molecule has 0 amide bonds. The molecule has 0 aromatic rings. The van der Waals surface area contributed by atoms with Gasteiger partial charge in [-0.25, -0.2) is 0 Å². The van der Waals surface area contributed by atoms with Crippen LogP contribution in [0.1, 0.15) is 290 Å². The molecule has 0 aliphatic carbocycles. The Hall–Kier alpha value is -0.790. The predicted molar refractivity (Wildman–Crippen MR) is 235 cm³/mol. The molecule has 0 aliphatic rings. The van der Waals surface area contributed by atoms with Crippen molar-refractivity contribution < 1.29 is 9.53 Å². The molecular formula is C50H98O2. The van der Waals surface area contributed by atoms with E-state index in [1.165, 1.54) is 250 Å². The number of allylic oxidation sites excluding steroid dienone is 2. The van der Waals surface area contributed by atoms with Crippen molar-refractivity contribution in [2.75, 3.05) is 6.61 Å². The Kier molecular flexibility index (Phi) is 45.7. The molecule has 0 radical (unpaired) electrons. The number of rotatable bonds is 45. The van der Waals surface area contributed by atoms with Crippen LogP contribution in [0.25, 0.3) is 0 Å². The van der Waals surface area contributed by atoms with Crippen molar-refractivity contribution in [1.29, 1.82) is 0 Å². The highest BCUT2D eigenvalue weighted by Gasteiger charge is 2.03. The maximum Gasteiger partial charge on any atom is 0.305 e. The minimum Gasteiger partial charge on any atom is -0.466 e. The molecule has 0 saturated carbocycles. The van der Waals surface area contributed by atoms with Crippen molar-refractivity contribution in [2.45, 2.75) is 290 Å². The molecule has 1 atom stereocenters. The molecule has 0 aromatic carbocycles. The van der Waals surface area contributed by atoms with Crippen LogP contribution in [0.15, 0.2) is 12.2 Å². The van der Waals surface area contributed by atoms with Crippen LogP contribution in [-0.2, 0) is 9.53 Å². The lowest BCUT2D eigenvalue weighted by Gasteiger charge is -2.07. The molecular weight excluding hydrogens is 633 g/mol. The molecule has 0 N–H and O–H groups in total. The molecule has 0 aromatic heterocycles. The SMILES string of the molecule is CCCCCCCCC=CCCCCCCCCCCCC(=O)OCCCCCCCCCCCCCCCCCCCCCCCCC(C)CC. The third kappa shape index (κ3) is 45.4. The maximum atomic E-state index is 12.0. The van der Waals surface area contributed by atoms with Gasteiger partial charge in [0.1, 0.15) is 0 Å². The van der Waals surface area contributed by atoms with E-state index in [-0.39, 0.29) is 5.97 Å². The second-order valence-corrected chi connectivity index (χ2v) is 17.0. The number of hydrogen-bond acceptors (Lipinski definition) is 2. The monoisotopic (exact) mass is 731 g/mol. The van der Waals surface area contributed by atoms with Crippen LogP contribution >= 0.6 is 0 Å². The van der Waals surface area contributed by atoms with Crippen molar-refractivity contribution in [2.24, 2.45) is 5.92 Å². The quantitative estimate of drug-likeness (QED) is 0.0354. The topological polar surface area (TPSA) is 26.3 Å². The summed E-state index contributed by atoms with van der Waals surface area (Å²) in [5, 5.41) is 0. The number of carbonyl (C=O) groups excluding carboxylic acids is 1. The Bertz CT molecular complexity index is 684. The van der Waals surface area contributed by atoms with Crippen LogP contribution in [-0.4, -0.2) is 12.6 Å². The summed E-state index contributed by atoms with van der Waals surface area (Å²) in [4.78, 5) is 12.0. The average molecular weight is 731 g/mol. The zero-order chi connectivity index (χ0) is 37.7.